The van der Waals surface area contributed by atoms with Gasteiger partial charge in [0.05, 0.1) is 12.5 Å². The summed E-state index contributed by atoms with van der Waals surface area (Å²) in [6.45, 7) is 0. The molecular formula is C8H13NO3S. The quantitative estimate of drug-likeness (QED) is 0.679. The van der Waals surface area contributed by atoms with Crippen molar-refractivity contribution in [2.24, 2.45) is 0 Å². The first kappa shape index (κ1) is 10.4. The van der Waals surface area contributed by atoms with Gasteiger partial charge in [0.2, 0.25) is 5.91 Å². The van der Waals surface area contributed by atoms with Crippen LogP contribution in [0.25, 0.3) is 0 Å². The van der Waals surface area contributed by atoms with Crippen molar-refractivity contribution in [1.29, 1.82) is 0 Å². The van der Waals surface area contributed by atoms with E-state index in [2.05, 4.69) is 10.1 Å². The Balaban J connectivity index is 2.20. The number of carbonyl (C=O) groups excluding carboxylic acids is 2. The Bertz CT molecular complexity index is 208. The van der Waals surface area contributed by atoms with Crippen LogP contribution in [0.5, 0.6) is 0 Å². The zero-order valence-electron chi connectivity index (χ0n) is 7.54. The zero-order chi connectivity index (χ0) is 9.68. The highest BCUT2D eigenvalue weighted by molar-refractivity contribution is 8.00. The van der Waals surface area contributed by atoms with Crippen LogP contribution in [0.4, 0.5) is 0 Å². The lowest BCUT2D eigenvalue weighted by molar-refractivity contribution is -0.140. The van der Waals surface area contributed by atoms with Crippen LogP contribution in [0.3, 0.4) is 0 Å². The number of esters is 1. The van der Waals surface area contributed by atoms with Gasteiger partial charge in [-0.2, -0.15) is 0 Å². The number of hydrogen-bond acceptors (Lipinski definition) is 4. The average molecular weight is 203 g/mol. The predicted octanol–water partition coefficient (Wildman–Crippen LogP) is 0.519. The van der Waals surface area contributed by atoms with Crippen molar-refractivity contribution in [2.75, 3.05) is 12.9 Å². The highest BCUT2D eigenvalue weighted by Crippen LogP contribution is 2.19. The van der Waals surface area contributed by atoms with E-state index >= 15 is 0 Å². The average Bonchev–Trinajstić information content (AvgIpc) is 2.14. The summed E-state index contributed by atoms with van der Waals surface area (Å²) in [6.07, 6.45) is 1.61. The molecule has 1 rings (SSSR count). The molecule has 1 aliphatic heterocycles. The number of amides is 1. The molecule has 5 heteroatoms. The molecular weight excluding hydrogens is 190 g/mol. The minimum Gasteiger partial charge on any atom is -0.469 e. The van der Waals surface area contributed by atoms with Crippen molar-refractivity contribution in [1.82, 2.24) is 5.32 Å². The van der Waals surface area contributed by atoms with Crippen LogP contribution in [0.1, 0.15) is 19.3 Å². The summed E-state index contributed by atoms with van der Waals surface area (Å²) in [7, 11) is 1.37. The van der Waals surface area contributed by atoms with Gasteiger partial charge in [-0.15, -0.1) is 11.8 Å². The second kappa shape index (κ2) is 5.11. The van der Waals surface area contributed by atoms with Crippen LogP contribution in [0.2, 0.25) is 0 Å². The second-order valence-corrected chi connectivity index (χ2v) is 4.10. The minimum absolute atomic E-state index is 0.0774. The summed E-state index contributed by atoms with van der Waals surface area (Å²) in [5, 5.41) is 2.90. The Hall–Kier alpha value is -0.710. The maximum atomic E-state index is 10.9. The fourth-order valence-corrected chi connectivity index (χ4v) is 2.18. The third-order valence-corrected chi connectivity index (χ3v) is 3.00. The van der Waals surface area contributed by atoms with Crippen molar-refractivity contribution in [3.8, 4) is 0 Å². The number of carbonyl (C=O) groups is 2. The third-order valence-electron chi connectivity index (χ3n) is 1.81. The molecule has 1 aliphatic rings. The summed E-state index contributed by atoms with van der Waals surface area (Å²) in [5.74, 6) is 0.701. The van der Waals surface area contributed by atoms with Crippen LogP contribution >= 0.6 is 11.8 Å². The van der Waals surface area contributed by atoms with E-state index < -0.39 is 0 Å². The molecule has 1 N–H and O–H groups in total. The van der Waals surface area contributed by atoms with Crippen molar-refractivity contribution >= 4 is 23.6 Å². The molecule has 13 heavy (non-hydrogen) atoms. The molecule has 0 aromatic heterocycles. The van der Waals surface area contributed by atoms with E-state index in [0.29, 0.717) is 19.3 Å². The van der Waals surface area contributed by atoms with Gasteiger partial charge in [0, 0.05) is 18.6 Å². The Morgan fingerprint density at radius 2 is 2.54 bits per heavy atom. The number of nitrogens with one attached hydrogen (secondary N) is 1. The monoisotopic (exact) mass is 203 g/mol. The second-order valence-electron chi connectivity index (χ2n) is 2.79. The van der Waals surface area contributed by atoms with E-state index in [1.165, 1.54) is 7.11 Å². The van der Waals surface area contributed by atoms with E-state index in [0.717, 1.165) is 5.75 Å². The molecule has 0 spiro atoms. The molecule has 1 heterocycles. The molecule has 1 unspecified atom stereocenters. The Labute approximate surface area is 81.4 Å². The Kier molecular flexibility index (Phi) is 4.08. The molecule has 0 aromatic carbocycles. The van der Waals surface area contributed by atoms with Crippen LogP contribution in [0, 0.1) is 0 Å². The summed E-state index contributed by atoms with van der Waals surface area (Å²) >= 11 is 1.68. The van der Waals surface area contributed by atoms with Gasteiger partial charge in [-0.05, 0) is 6.42 Å². The van der Waals surface area contributed by atoms with Gasteiger partial charge in [0.15, 0.2) is 0 Å². The maximum absolute atomic E-state index is 10.9. The SMILES string of the molecule is COC(=O)CCC1NC(=O)CCS1. The molecule has 1 amide bonds. The summed E-state index contributed by atoms with van der Waals surface area (Å²) < 4.78 is 4.51. The van der Waals surface area contributed by atoms with E-state index in [-0.39, 0.29) is 17.3 Å². The molecule has 0 bridgehead atoms. The molecule has 1 fully saturated rings. The van der Waals surface area contributed by atoms with Crippen LogP contribution in [-0.4, -0.2) is 30.1 Å². The fraction of sp³-hybridized carbons (Fsp3) is 0.750. The first-order valence-electron chi connectivity index (χ1n) is 4.20. The summed E-state index contributed by atoms with van der Waals surface area (Å²) in [5.41, 5.74) is 0. The van der Waals surface area contributed by atoms with Crippen molar-refractivity contribution in [3.63, 3.8) is 0 Å². The smallest absolute Gasteiger partial charge is 0.305 e. The first-order chi connectivity index (χ1) is 6.22. The lowest BCUT2D eigenvalue weighted by Crippen LogP contribution is -2.37. The van der Waals surface area contributed by atoms with Gasteiger partial charge in [0.25, 0.3) is 0 Å². The predicted molar refractivity (Wildman–Crippen MR) is 50.3 cm³/mol. The molecule has 4 nitrogen and oxygen atoms in total. The molecule has 0 aliphatic carbocycles. The highest BCUT2D eigenvalue weighted by Gasteiger charge is 2.19. The minimum atomic E-state index is -0.222. The van der Waals surface area contributed by atoms with Gasteiger partial charge < -0.3 is 10.1 Å². The maximum Gasteiger partial charge on any atom is 0.305 e. The zero-order valence-corrected chi connectivity index (χ0v) is 8.36. The van der Waals surface area contributed by atoms with E-state index in [1.807, 2.05) is 0 Å². The topological polar surface area (TPSA) is 55.4 Å². The Morgan fingerprint density at radius 3 is 3.15 bits per heavy atom. The highest BCUT2D eigenvalue weighted by atomic mass is 32.2. The van der Waals surface area contributed by atoms with Crippen molar-refractivity contribution in [2.45, 2.75) is 24.6 Å². The van der Waals surface area contributed by atoms with Crippen molar-refractivity contribution in [3.05, 3.63) is 0 Å². The summed E-state index contributed by atoms with van der Waals surface area (Å²) in [6, 6.07) is 0. The largest absolute Gasteiger partial charge is 0.469 e. The van der Waals surface area contributed by atoms with Gasteiger partial charge in [-0.25, -0.2) is 0 Å². The number of hydrogen-bond donors (Lipinski definition) is 1. The molecule has 0 radical (unpaired) electrons. The number of thioether (sulfide) groups is 1. The van der Waals surface area contributed by atoms with Crippen LogP contribution in [-0.2, 0) is 14.3 Å². The van der Waals surface area contributed by atoms with E-state index in [9.17, 15) is 9.59 Å². The van der Waals surface area contributed by atoms with Crippen LogP contribution < -0.4 is 5.32 Å². The van der Waals surface area contributed by atoms with Gasteiger partial charge >= 0.3 is 5.97 Å². The molecule has 74 valence electrons. The standard InChI is InChI=1S/C8H13NO3S/c1-12-8(11)3-2-7-9-6(10)4-5-13-7/h7H,2-5H2,1H3,(H,9,10). The van der Waals surface area contributed by atoms with Gasteiger partial charge in [-0.1, -0.05) is 0 Å². The fourth-order valence-electron chi connectivity index (χ4n) is 1.09. The molecule has 0 saturated carbocycles. The van der Waals surface area contributed by atoms with Crippen LogP contribution in [0.15, 0.2) is 0 Å². The lowest BCUT2D eigenvalue weighted by Gasteiger charge is -2.22. The number of methoxy groups -OCH3 is 1. The number of rotatable bonds is 3. The molecule has 1 saturated heterocycles. The lowest BCUT2D eigenvalue weighted by atomic mass is 10.3. The normalized spacial score (nSPS) is 22.2. The summed E-state index contributed by atoms with van der Waals surface area (Å²) in [4.78, 5) is 21.7. The van der Waals surface area contributed by atoms with Gasteiger partial charge in [0.1, 0.15) is 0 Å². The van der Waals surface area contributed by atoms with Gasteiger partial charge in [-0.3, -0.25) is 9.59 Å². The van der Waals surface area contributed by atoms with E-state index in [1.54, 1.807) is 11.8 Å². The van der Waals surface area contributed by atoms with E-state index in [4.69, 9.17) is 0 Å². The van der Waals surface area contributed by atoms with Crippen molar-refractivity contribution < 1.29 is 14.3 Å². The molecule has 1 atom stereocenters. The first-order valence-corrected chi connectivity index (χ1v) is 5.25. The number of ether oxygens (including phenoxy) is 1. The Morgan fingerprint density at radius 1 is 1.77 bits per heavy atom. The molecule has 0 aromatic rings. The third kappa shape index (κ3) is 3.67.